The van der Waals surface area contributed by atoms with Gasteiger partial charge in [-0.2, -0.15) is 0 Å². The van der Waals surface area contributed by atoms with Gasteiger partial charge in [0, 0.05) is 23.1 Å². The normalized spacial score (nSPS) is 13.3. The molecule has 3 heteroatoms. The highest BCUT2D eigenvalue weighted by molar-refractivity contribution is 9.10. The fourth-order valence-electron chi connectivity index (χ4n) is 1.77. The van der Waals surface area contributed by atoms with Crippen LogP contribution in [0.4, 0.5) is 0 Å². The van der Waals surface area contributed by atoms with Crippen molar-refractivity contribution in [2.45, 2.75) is 40.7 Å². The van der Waals surface area contributed by atoms with E-state index in [-0.39, 0.29) is 17.4 Å². The summed E-state index contributed by atoms with van der Waals surface area (Å²) in [5.41, 5.74) is 1.85. The Kier molecular flexibility index (Phi) is 4.60. The van der Waals surface area contributed by atoms with Gasteiger partial charge in [0.1, 0.15) is 0 Å². The van der Waals surface area contributed by atoms with Crippen LogP contribution in [-0.2, 0) is 0 Å². The van der Waals surface area contributed by atoms with Gasteiger partial charge in [0.15, 0.2) is 0 Å². The van der Waals surface area contributed by atoms with Crippen LogP contribution in [0.3, 0.4) is 0 Å². The van der Waals surface area contributed by atoms with Gasteiger partial charge in [0.2, 0.25) is 0 Å². The van der Waals surface area contributed by atoms with Crippen molar-refractivity contribution in [1.82, 2.24) is 4.90 Å². The number of hydrogen-bond donors (Lipinski definition) is 0. The van der Waals surface area contributed by atoms with Crippen molar-refractivity contribution in [3.05, 3.63) is 33.8 Å². The lowest BCUT2D eigenvalue weighted by atomic mass is 9.87. The quantitative estimate of drug-likeness (QED) is 0.799. The lowest BCUT2D eigenvalue weighted by Gasteiger charge is -2.35. The lowest BCUT2D eigenvalue weighted by molar-refractivity contribution is 0.0628. The summed E-state index contributed by atoms with van der Waals surface area (Å²) >= 11 is 3.42. The molecule has 1 rings (SSSR count). The third-order valence-corrected chi connectivity index (χ3v) is 4.08. The smallest absolute Gasteiger partial charge is 0.254 e. The number of carbonyl (C=O) groups is 1. The summed E-state index contributed by atoms with van der Waals surface area (Å²) in [6.07, 6.45) is 0. The van der Waals surface area contributed by atoms with E-state index in [9.17, 15) is 4.79 Å². The highest BCUT2D eigenvalue weighted by Gasteiger charge is 2.28. The van der Waals surface area contributed by atoms with Crippen molar-refractivity contribution in [1.29, 1.82) is 0 Å². The highest BCUT2D eigenvalue weighted by Crippen LogP contribution is 2.25. The molecule has 100 valence electrons. The molecule has 1 amide bonds. The molecule has 0 spiro atoms. The van der Waals surface area contributed by atoms with Gasteiger partial charge in [-0.25, -0.2) is 0 Å². The maximum atomic E-state index is 12.5. The van der Waals surface area contributed by atoms with E-state index < -0.39 is 0 Å². The van der Waals surface area contributed by atoms with Gasteiger partial charge in [-0.15, -0.1) is 0 Å². The number of amides is 1. The van der Waals surface area contributed by atoms with Crippen molar-refractivity contribution < 1.29 is 4.79 Å². The molecule has 0 aliphatic heterocycles. The topological polar surface area (TPSA) is 20.3 Å². The third-order valence-electron chi connectivity index (χ3n) is 3.58. The van der Waals surface area contributed by atoms with Crippen LogP contribution in [0.1, 0.15) is 43.6 Å². The van der Waals surface area contributed by atoms with Crippen LogP contribution in [0, 0.1) is 12.3 Å². The molecule has 1 unspecified atom stereocenters. The molecule has 0 saturated heterocycles. The van der Waals surface area contributed by atoms with Crippen molar-refractivity contribution in [3.8, 4) is 0 Å². The first-order valence-corrected chi connectivity index (χ1v) is 6.97. The first-order chi connectivity index (χ1) is 8.14. The van der Waals surface area contributed by atoms with E-state index in [0.717, 1.165) is 15.6 Å². The standard InChI is InChI=1S/C15H22BrNO/c1-10-7-8-12(16)9-13(10)14(18)17(6)11(2)15(3,4)5/h7-9,11H,1-6H3. The first kappa shape index (κ1) is 15.2. The molecule has 0 N–H and O–H groups in total. The van der Waals surface area contributed by atoms with Gasteiger partial charge >= 0.3 is 0 Å². The van der Waals surface area contributed by atoms with E-state index in [4.69, 9.17) is 0 Å². The minimum absolute atomic E-state index is 0.0737. The Labute approximate surface area is 119 Å². The maximum Gasteiger partial charge on any atom is 0.254 e. The zero-order valence-corrected chi connectivity index (χ0v) is 13.6. The summed E-state index contributed by atoms with van der Waals surface area (Å²) in [6, 6.07) is 6.00. The van der Waals surface area contributed by atoms with Gasteiger partial charge in [-0.1, -0.05) is 42.8 Å². The van der Waals surface area contributed by atoms with Crippen LogP contribution in [0.25, 0.3) is 0 Å². The van der Waals surface area contributed by atoms with E-state index in [1.807, 2.05) is 37.1 Å². The predicted octanol–water partition coefficient (Wildman–Crippen LogP) is 4.26. The lowest BCUT2D eigenvalue weighted by Crippen LogP contribution is -2.43. The molecule has 1 atom stereocenters. The average Bonchev–Trinajstić information content (AvgIpc) is 2.28. The molecule has 0 aliphatic carbocycles. The predicted molar refractivity (Wildman–Crippen MR) is 79.9 cm³/mol. The summed E-state index contributed by atoms with van der Waals surface area (Å²) in [6.45, 7) is 10.5. The zero-order chi connectivity index (χ0) is 14.1. The van der Waals surface area contributed by atoms with E-state index in [1.54, 1.807) is 0 Å². The molecular weight excluding hydrogens is 290 g/mol. The van der Waals surface area contributed by atoms with Gasteiger partial charge in [-0.05, 0) is 37.0 Å². The molecule has 1 aromatic rings. The molecule has 0 saturated carbocycles. The van der Waals surface area contributed by atoms with E-state index in [1.165, 1.54) is 0 Å². The second kappa shape index (κ2) is 5.43. The Morgan fingerprint density at radius 1 is 1.33 bits per heavy atom. The number of nitrogens with zero attached hydrogens (tertiary/aromatic N) is 1. The monoisotopic (exact) mass is 311 g/mol. The molecule has 1 aromatic carbocycles. The van der Waals surface area contributed by atoms with Crippen LogP contribution >= 0.6 is 15.9 Å². The number of halogens is 1. The Morgan fingerprint density at radius 2 is 1.89 bits per heavy atom. The second-order valence-electron chi connectivity index (χ2n) is 5.92. The van der Waals surface area contributed by atoms with Crippen LogP contribution in [0.15, 0.2) is 22.7 Å². The molecule has 0 aliphatic rings. The number of hydrogen-bond acceptors (Lipinski definition) is 1. The van der Waals surface area contributed by atoms with E-state index in [0.29, 0.717) is 0 Å². The summed E-state index contributed by atoms with van der Waals surface area (Å²) < 4.78 is 0.938. The zero-order valence-electron chi connectivity index (χ0n) is 12.0. The third kappa shape index (κ3) is 3.35. The van der Waals surface area contributed by atoms with Gasteiger partial charge in [0.05, 0.1) is 0 Å². The molecule has 0 radical (unpaired) electrons. The summed E-state index contributed by atoms with van der Waals surface area (Å²) in [4.78, 5) is 14.3. The largest absolute Gasteiger partial charge is 0.338 e. The van der Waals surface area contributed by atoms with Gasteiger partial charge in [0.25, 0.3) is 5.91 Å². The van der Waals surface area contributed by atoms with Crippen molar-refractivity contribution >= 4 is 21.8 Å². The Bertz CT molecular complexity index is 448. The van der Waals surface area contributed by atoms with Crippen LogP contribution < -0.4 is 0 Å². The Balaban J connectivity index is 3.04. The molecule has 0 aromatic heterocycles. The summed E-state index contributed by atoms with van der Waals surface area (Å²) in [5, 5.41) is 0. The number of aryl methyl sites for hydroxylation is 1. The molecular formula is C15H22BrNO. The Morgan fingerprint density at radius 3 is 2.39 bits per heavy atom. The van der Waals surface area contributed by atoms with Crippen molar-refractivity contribution in [2.24, 2.45) is 5.41 Å². The van der Waals surface area contributed by atoms with Crippen LogP contribution in [-0.4, -0.2) is 23.9 Å². The summed E-state index contributed by atoms with van der Waals surface area (Å²) in [7, 11) is 1.87. The number of benzene rings is 1. The maximum absolute atomic E-state index is 12.5. The van der Waals surface area contributed by atoms with Gasteiger partial charge < -0.3 is 4.90 Å². The molecule has 0 heterocycles. The number of carbonyl (C=O) groups excluding carboxylic acids is 1. The molecule has 0 fully saturated rings. The number of rotatable bonds is 2. The molecule has 0 bridgehead atoms. The fraction of sp³-hybridized carbons (Fsp3) is 0.533. The minimum Gasteiger partial charge on any atom is -0.338 e. The average molecular weight is 312 g/mol. The van der Waals surface area contributed by atoms with Crippen molar-refractivity contribution in [2.75, 3.05) is 7.05 Å². The Hall–Kier alpha value is -0.830. The first-order valence-electron chi connectivity index (χ1n) is 6.18. The van der Waals surface area contributed by atoms with Crippen LogP contribution in [0.2, 0.25) is 0 Å². The molecule has 2 nitrogen and oxygen atoms in total. The minimum atomic E-state index is 0.0737. The van der Waals surface area contributed by atoms with Gasteiger partial charge in [-0.3, -0.25) is 4.79 Å². The van der Waals surface area contributed by atoms with Crippen molar-refractivity contribution in [3.63, 3.8) is 0 Å². The highest BCUT2D eigenvalue weighted by atomic mass is 79.9. The second-order valence-corrected chi connectivity index (χ2v) is 6.83. The fourth-order valence-corrected chi connectivity index (χ4v) is 2.13. The molecule has 18 heavy (non-hydrogen) atoms. The van der Waals surface area contributed by atoms with E-state index >= 15 is 0 Å². The SMILES string of the molecule is Cc1ccc(Br)cc1C(=O)N(C)C(C)C(C)(C)C. The summed E-state index contributed by atoms with van der Waals surface area (Å²) in [5.74, 6) is 0.0798. The van der Waals surface area contributed by atoms with E-state index in [2.05, 4.69) is 43.6 Å². The van der Waals surface area contributed by atoms with Crippen LogP contribution in [0.5, 0.6) is 0 Å².